The molecule has 21 heavy (non-hydrogen) atoms. The van der Waals surface area contributed by atoms with Gasteiger partial charge in [-0.3, -0.25) is 0 Å². The van der Waals surface area contributed by atoms with Crippen LogP contribution in [0, 0.1) is 0 Å². The minimum atomic E-state index is 0.303. The lowest BCUT2D eigenvalue weighted by molar-refractivity contribution is 0.478. The van der Waals surface area contributed by atoms with E-state index in [1.165, 1.54) is 5.56 Å². The summed E-state index contributed by atoms with van der Waals surface area (Å²) in [6.07, 6.45) is 0.885. The molecule has 2 aromatic rings. The van der Waals surface area contributed by atoms with Crippen LogP contribution in [0.5, 0.6) is 11.5 Å². The summed E-state index contributed by atoms with van der Waals surface area (Å²) >= 11 is 9.70. The highest BCUT2D eigenvalue weighted by atomic mass is 79.9. The molecule has 0 saturated carbocycles. The summed E-state index contributed by atoms with van der Waals surface area (Å²) in [4.78, 5) is 0. The van der Waals surface area contributed by atoms with Gasteiger partial charge in [-0.2, -0.15) is 0 Å². The average molecular weight is 369 g/mol. The van der Waals surface area contributed by atoms with Gasteiger partial charge in [-0.1, -0.05) is 24.6 Å². The third-order valence-corrected chi connectivity index (χ3v) is 4.50. The quantitative estimate of drug-likeness (QED) is 0.727. The molecule has 0 saturated heterocycles. The first kappa shape index (κ1) is 16.3. The van der Waals surface area contributed by atoms with E-state index < -0.39 is 0 Å². The van der Waals surface area contributed by atoms with Crippen LogP contribution < -0.4 is 10.1 Å². The zero-order valence-corrected chi connectivity index (χ0v) is 14.8. The molecule has 0 spiro atoms. The second-order valence-corrected chi connectivity index (χ2v) is 6.17. The Morgan fingerprint density at radius 2 is 2.00 bits per heavy atom. The van der Waals surface area contributed by atoms with Crippen LogP contribution in [0.2, 0.25) is 5.02 Å². The van der Waals surface area contributed by atoms with Crippen LogP contribution in [0.1, 0.15) is 31.0 Å². The summed E-state index contributed by atoms with van der Waals surface area (Å²) in [5, 5.41) is 4.00. The normalized spacial score (nSPS) is 12.2. The number of aryl methyl sites for hydroxylation is 1. The van der Waals surface area contributed by atoms with E-state index in [0.29, 0.717) is 6.04 Å². The van der Waals surface area contributed by atoms with E-state index in [-0.39, 0.29) is 0 Å². The Kier molecular flexibility index (Phi) is 5.68. The molecule has 1 N–H and O–H groups in total. The third-order valence-electron chi connectivity index (χ3n) is 3.51. The predicted octanol–water partition coefficient (Wildman–Crippen LogP) is 5.74. The Morgan fingerprint density at radius 3 is 2.62 bits per heavy atom. The van der Waals surface area contributed by atoms with E-state index in [2.05, 4.69) is 47.2 Å². The SMILES string of the molecule is CCc1cc(Oc2ccc(C(C)NC)cc2Br)ccc1Cl. The van der Waals surface area contributed by atoms with E-state index in [1.807, 2.05) is 31.3 Å². The van der Waals surface area contributed by atoms with Gasteiger partial charge in [0, 0.05) is 11.1 Å². The van der Waals surface area contributed by atoms with Crippen molar-refractivity contribution in [3.05, 3.63) is 57.0 Å². The predicted molar refractivity (Wildman–Crippen MR) is 92.5 cm³/mol. The number of rotatable bonds is 5. The van der Waals surface area contributed by atoms with E-state index in [4.69, 9.17) is 16.3 Å². The molecule has 0 aliphatic heterocycles. The highest BCUT2D eigenvalue weighted by Crippen LogP contribution is 2.33. The minimum absolute atomic E-state index is 0.303. The van der Waals surface area contributed by atoms with Gasteiger partial charge in [-0.15, -0.1) is 0 Å². The summed E-state index contributed by atoms with van der Waals surface area (Å²) in [6.45, 7) is 4.20. The van der Waals surface area contributed by atoms with Crippen molar-refractivity contribution in [1.82, 2.24) is 5.32 Å². The molecule has 1 atom stereocenters. The number of hydrogen-bond acceptors (Lipinski definition) is 2. The Balaban J connectivity index is 2.24. The largest absolute Gasteiger partial charge is 0.456 e. The summed E-state index contributed by atoms with van der Waals surface area (Å²) in [6, 6.07) is 12.2. The fraction of sp³-hybridized carbons (Fsp3) is 0.294. The first-order valence-corrected chi connectivity index (χ1v) is 8.15. The molecule has 0 aliphatic carbocycles. The first-order valence-electron chi connectivity index (χ1n) is 6.98. The van der Waals surface area contributed by atoms with Crippen LogP contribution in [0.4, 0.5) is 0 Å². The van der Waals surface area contributed by atoms with Crippen LogP contribution in [0.15, 0.2) is 40.9 Å². The van der Waals surface area contributed by atoms with Gasteiger partial charge in [-0.05, 0) is 77.8 Å². The Morgan fingerprint density at radius 1 is 1.24 bits per heavy atom. The maximum Gasteiger partial charge on any atom is 0.141 e. The van der Waals surface area contributed by atoms with E-state index >= 15 is 0 Å². The van der Waals surface area contributed by atoms with Crippen molar-refractivity contribution in [3.63, 3.8) is 0 Å². The zero-order chi connectivity index (χ0) is 15.4. The summed E-state index contributed by atoms with van der Waals surface area (Å²) < 4.78 is 6.89. The maximum absolute atomic E-state index is 6.13. The molecule has 2 aromatic carbocycles. The molecule has 0 fully saturated rings. The van der Waals surface area contributed by atoms with Gasteiger partial charge in [0.15, 0.2) is 0 Å². The minimum Gasteiger partial charge on any atom is -0.456 e. The number of nitrogens with one attached hydrogen (secondary N) is 1. The third kappa shape index (κ3) is 4.00. The van der Waals surface area contributed by atoms with Crippen molar-refractivity contribution < 1.29 is 4.74 Å². The molecule has 112 valence electrons. The number of hydrogen-bond donors (Lipinski definition) is 1. The fourth-order valence-corrected chi connectivity index (χ4v) is 2.78. The highest BCUT2D eigenvalue weighted by molar-refractivity contribution is 9.10. The molecule has 0 amide bonds. The van der Waals surface area contributed by atoms with Gasteiger partial charge in [-0.25, -0.2) is 0 Å². The summed E-state index contributed by atoms with van der Waals surface area (Å²) in [7, 11) is 1.95. The molecule has 0 aliphatic rings. The van der Waals surface area contributed by atoms with Gasteiger partial charge in [0.1, 0.15) is 11.5 Å². The average Bonchev–Trinajstić information content (AvgIpc) is 2.50. The lowest BCUT2D eigenvalue weighted by Gasteiger charge is -2.14. The molecule has 2 nitrogen and oxygen atoms in total. The fourth-order valence-electron chi connectivity index (χ4n) is 2.05. The summed E-state index contributed by atoms with van der Waals surface area (Å²) in [5.41, 5.74) is 2.30. The van der Waals surface area contributed by atoms with Crippen LogP contribution in [-0.2, 0) is 6.42 Å². The van der Waals surface area contributed by atoms with Crippen LogP contribution in [0.25, 0.3) is 0 Å². The lowest BCUT2D eigenvalue weighted by atomic mass is 10.1. The van der Waals surface area contributed by atoms with Crippen LogP contribution in [0.3, 0.4) is 0 Å². The van der Waals surface area contributed by atoms with Gasteiger partial charge in [0.05, 0.1) is 4.47 Å². The van der Waals surface area contributed by atoms with Crippen LogP contribution in [-0.4, -0.2) is 7.05 Å². The van der Waals surface area contributed by atoms with Crippen LogP contribution >= 0.6 is 27.5 Å². The van der Waals surface area contributed by atoms with Gasteiger partial charge < -0.3 is 10.1 Å². The summed E-state index contributed by atoms with van der Waals surface area (Å²) in [5.74, 6) is 1.60. The molecule has 0 heterocycles. The van der Waals surface area contributed by atoms with Crippen molar-refractivity contribution in [1.29, 1.82) is 0 Å². The number of halogens is 2. The smallest absolute Gasteiger partial charge is 0.141 e. The molecule has 0 radical (unpaired) electrons. The topological polar surface area (TPSA) is 21.3 Å². The molecule has 0 aromatic heterocycles. The van der Waals surface area contributed by atoms with E-state index in [0.717, 1.165) is 33.0 Å². The zero-order valence-electron chi connectivity index (χ0n) is 12.4. The monoisotopic (exact) mass is 367 g/mol. The molecule has 2 rings (SSSR count). The van der Waals surface area contributed by atoms with E-state index in [1.54, 1.807) is 0 Å². The van der Waals surface area contributed by atoms with E-state index in [9.17, 15) is 0 Å². The van der Waals surface area contributed by atoms with Gasteiger partial charge in [0.2, 0.25) is 0 Å². The molecular formula is C17H19BrClNO. The Hall–Kier alpha value is -1.03. The van der Waals surface area contributed by atoms with Crippen molar-refractivity contribution in [2.75, 3.05) is 7.05 Å². The van der Waals surface area contributed by atoms with Gasteiger partial charge >= 0.3 is 0 Å². The number of ether oxygens (including phenoxy) is 1. The lowest BCUT2D eigenvalue weighted by Crippen LogP contribution is -2.12. The second kappa shape index (κ2) is 7.30. The second-order valence-electron chi connectivity index (χ2n) is 4.91. The van der Waals surface area contributed by atoms with Crippen molar-refractivity contribution >= 4 is 27.5 Å². The molecule has 1 unspecified atom stereocenters. The van der Waals surface area contributed by atoms with Crippen molar-refractivity contribution in [2.24, 2.45) is 0 Å². The Bertz CT molecular complexity index is 630. The Labute approximate surface area is 139 Å². The van der Waals surface area contributed by atoms with Crippen molar-refractivity contribution in [3.8, 4) is 11.5 Å². The standard InChI is InChI=1S/C17H19BrClNO/c1-4-12-9-14(6-7-16(12)19)21-17-8-5-13(10-15(17)18)11(2)20-3/h5-11,20H,4H2,1-3H3. The molecular weight excluding hydrogens is 350 g/mol. The first-order chi connectivity index (χ1) is 10.0. The molecule has 0 bridgehead atoms. The molecule has 4 heteroatoms. The van der Waals surface area contributed by atoms with Gasteiger partial charge in [0.25, 0.3) is 0 Å². The highest BCUT2D eigenvalue weighted by Gasteiger charge is 2.09. The maximum atomic E-state index is 6.13. The number of benzene rings is 2. The van der Waals surface area contributed by atoms with Crippen molar-refractivity contribution in [2.45, 2.75) is 26.3 Å².